The van der Waals surface area contributed by atoms with Crippen molar-refractivity contribution in [2.24, 2.45) is 0 Å². The van der Waals surface area contributed by atoms with Crippen LogP contribution in [-0.2, 0) is 0 Å². The predicted molar refractivity (Wildman–Crippen MR) is 61.9 cm³/mol. The standard InChI is InChI=1S/C14H9F3/c1-9(15)10-5-2-3-6-11(10)14-12(16)7-4-8-13(14)17/h2-8H,1H2. The maximum atomic E-state index is 13.6. The number of hydrogen-bond acceptors (Lipinski definition) is 0. The molecule has 0 saturated heterocycles. The van der Waals surface area contributed by atoms with Gasteiger partial charge in [-0.2, -0.15) is 0 Å². The second kappa shape index (κ2) is 4.45. The minimum atomic E-state index is -0.723. The molecular formula is C14H9F3. The Morgan fingerprint density at radius 1 is 0.882 bits per heavy atom. The van der Waals surface area contributed by atoms with E-state index < -0.39 is 17.5 Å². The average molecular weight is 234 g/mol. The van der Waals surface area contributed by atoms with Crippen LogP contribution in [0.15, 0.2) is 49.0 Å². The van der Waals surface area contributed by atoms with Gasteiger partial charge in [-0.1, -0.05) is 36.9 Å². The van der Waals surface area contributed by atoms with Gasteiger partial charge >= 0.3 is 0 Å². The molecule has 2 rings (SSSR count). The van der Waals surface area contributed by atoms with Crippen LogP contribution in [0.1, 0.15) is 5.56 Å². The summed E-state index contributed by atoms with van der Waals surface area (Å²) in [7, 11) is 0. The van der Waals surface area contributed by atoms with Crippen molar-refractivity contribution in [3.63, 3.8) is 0 Å². The van der Waals surface area contributed by atoms with Crippen LogP contribution in [0.2, 0.25) is 0 Å². The van der Waals surface area contributed by atoms with Crippen molar-refractivity contribution >= 4 is 5.83 Å². The molecule has 0 nitrogen and oxygen atoms in total. The molecule has 0 bridgehead atoms. The smallest absolute Gasteiger partial charge is 0.133 e. The predicted octanol–water partition coefficient (Wildman–Crippen LogP) is 4.57. The molecule has 17 heavy (non-hydrogen) atoms. The third-order valence-electron chi connectivity index (χ3n) is 2.45. The second-order valence-corrected chi connectivity index (χ2v) is 3.55. The Labute approximate surface area is 97.0 Å². The Bertz CT molecular complexity index is 553. The number of rotatable bonds is 2. The fraction of sp³-hybridized carbons (Fsp3) is 0. The maximum Gasteiger partial charge on any atom is 0.133 e. The van der Waals surface area contributed by atoms with Crippen LogP contribution < -0.4 is 0 Å². The molecule has 0 saturated carbocycles. The second-order valence-electron chi connectivity index (χ2n) is 3.55. The van der Waals surface area contributed by atoms with Gasteiger partial charge in [0.05, 0.1) is 5.56 Å². The largest absolute Gasteiger partial charge is 0.207 e. The summed E-state index contributed by atoms with van der Waals surface area (Å²) in [6, 6.07) is 9.61. The van der Waals surface area contributed by atoms with E-state index >= 15 is 0 Å². The number of hydrogen-bond donors (Lipinski definition) is 0. The van der Waals surface area contributed by atoms with Crippen LogP contribution in [0.25, 0.3) is 17.0 Å². The zero-order chi connectivity index (χ0) is 12.4. The van der Waals surface area contributed by atoms with Gasteiger partial charge in [0.2, 0.25) is 0 Å². The highest BCUT2D eigenvalue weighted by Gasteiger charge is 2.15. The lowest BCUT2D eigenvalue weighted by atomic mass is 9.98. The molecule has 2 aromatic carbocycles. The molecule has 0 aromatic heterocycles. The van der Waals surface area contributed by atoms with Crippen LogP contribution in [0.5, 0.6) is 0 Å². The third-order valence-corrected chi connectivity index (χ3v) is 2.45. The molecule has 0 aliphatic heterocycles. The molecule has 0 heterocycles. The molecule has 0 fully saturated rings. The van der Waals surface area contributed by atoms with Crippen molar-refractivity contribution in [1.82, 2.24) is 0 Å². The van der Waals surface area contributed by atoms with E-state index in [0.717, 1.165) is 12.1 Å². The van der Waals surface area contributed by atoms with Gasteiger partial charge in [-0.3, -0.25) is 0 Å². The highest BCUT2D eigenvalue weighted by Crippen LogP contribution is 2.32. The van der Waals surface area contributed by atoms with Gasteiger partial charge in [-0.05, 0) is 17.7 Å². The molecule has 0 amide bonds. The lowest BCUT2D eigenvalue weighted by molar-refractivity contribution is 0.589. The Morgan fingerprint density at radius 3 is 2.06 bits per heavy atom. The van der Waals surface area contributed by atoms with Crippen LogP contribution in [-0.4, -0.2) is 0 Å². The molecule has 0 aliphatic rings. The van der Waals surface area contributed by atoms with Crippen LogP contribution in [0.3, 0.4) is 0 Å². The van der Waals surface area contributed by atoms with Crippen LogP contribution in [0.4, 0.5) is 13.2 Å². The molecule has 0 N–H and O–H groups in total. The summed E-state index contributed by atoms with van der Waals surface area (Å²) in [5.74, 6) is -2.17. The zero-order valence-corrected chi connectivity index (χ0v) is 8.88. The van der Waals surface area contributed by atoms with Crippen molar-refractivity contribution in [2.45, 2.75) is 0 Å². The van der Waals surface area contributed by atoms with Crippen LogP contribution >= 0.6 is 0 Å². The van der Waals surface area contributed by atoms with Gasteiger partial charge in [0.25, 0.3) is 0 Å². The average Bonchev–Trinajstić information content (AvgIpc) is 2.29. The van der Waals surface area contributed by atoms with E-state index in [0.29, 0.717) is 0 Å². The normalized spacial score (nSPS) is 10.3. The molecule has 0 unspecified atom stereocenters. The van der Waals surface area contributed by atoms with Gasteiger partial charge in [0.15, 0.2) is 0 Å². The van der Waals surface area contributed by atoms with Crippen molar-refractivity contribution in [3.05, 3.63) is 66.2 Å². The van der Waals surface area contributed by atoms with E-state index in [1.807, 2.05) is 0 Å². The van der Waals surface area contributed by atoms with Crippen molar-refractivity contribution in [2.75, 3.05) is 0 Å². The summed E-state index contributed by atoms with van der Waals surface area (Å²) >= 11 is 0. The monoisotopic (exact) mass is 234 g/mol. The van der Waals surface area contributed by atoms with Crippen molar-refractivity contribution in [3.8, 4) is 11.1 Å². The summed E-state index contributed by atoms with van der Waals surface area (Å²) in [6.45, 7) is 3.16. The highest BCUT2D eigenvalue weighted by molar-refractivity contribution is 5.78. The molecule has 2 aromatic rings. The van der Waals surface area contributed by atoms with E-state index in [4.69, 9.17) is 0 Å². The maximum absolute atomic E-state index is 13.6. The van der Waals surface area contributed by atoms with E-state index in [1.54, 1.807) is 12.1 Å². The third kappa shape index (κ3) is 2.09. The molecular weight excluding hydrogens is 225 g/mol. The first kappa shape index (κ1) is 11.5. The first-order valence-corrected chi connectivity index (χ1v) is 4.99. The van der Waals surface area contributed by atoms with Crippen molar-refractivity contribution < 1.29 is 13.2 Å². The first-order chi connectivity index (χ1) is 8.11. The van der Waals surface area contributed by atoms with Crippen LogP contribution in [0, 0.1) is 11.6 Å². The molecule has 86 valence electrons. The Balaban J connectivity index is 2.73. The van der Waals surface area contributed by atoms with Gasteiger partial charge < -0.3 is 0 Å². The first-order valence-electron chi connectivity index (χ1n) is 4.99. The SMILES string of the molecule is C=C(F)c1ccccc1-c1c(F)cccc1F. The van der Waals surface area contributed by atoms with Gasteiger partial charge in [-0.15, -0.1) is 0 Å². The minimum absolute atomic E-state index is 0.0940. The van der Waals surface area contributed by atoms with E-state index in [-0.39, 0.29) is 16.7 Å². The molecule has 0 aliphatic carbocycles. The van der Waals surface area contributed by atoms with Crippen molar-refractivity contribution in [1.29, 1.82) is 0 Å². The van der Waals surface area contributed by atoms with E-state index in [9.17, 15) is 13.2 Å². The number of halogens is 3. The fourth-order valence-electron chi connectivity index (χ4n) is 1.69. The van der Waals surface area contributed by atoms with Gasteiger partial charge in [0.1, 0.15) is 17.5 Å². The van der Waals surface area contributed by atoms with Gasteiger partial charge in [0, 0.05) is 5.56 Å². The Morgan fingerprint density at radius 2 is 1.47 bits per heavy atom. The Kier molecular flexibility index (Phi) is 3.00. The number of benzene rings is 2. The summed E-state index contributed by atoms with van der Waals surface area (Å²) in [5.41, 5.74) is 0.0222. The fourth-order valence-corrected chi connectivity index (χ4v) is 1.69. The molecule has 0 radical (unpaired) electrons. The lowest BCUT2D eigenvalue weighted by Crippen LogP contribution is -1.93. The molecule has 0 spiro atoms. The topological polar surface area (TPSA) is 0 Å². The molecule has 0 atom stereocenters. The molecule has 3 heteroatoms. The van der Waals surface area contributed by atoms with Gasteiger partial charge in [-0.25, -0.2) is 13.2 Å². The quantitative estimate of drug-likeness (QED) is 0.713. The van der Waals surface area contributed by atoms with E-state index in [2.05, 4.69) is 6.58 Å². The Hall–Kier alpha value is -2.03. The highest BCUT2D eigenvalue weighted by atomic mass is 19.1. The summed E-state index contributed by atoms with van der Waals surface area (Å²) in [6.07, 6.45) is 0. The van der Waals surface area contributed by atoms with E-state index in [1.165, 1.54) is 18.2 Å². The summed E-state index contributed by atoms with van der Waals surface area (Å²) in [4.78, 5) is 0. The lowest BCUT2D eigenvalue weighted by Gasteiger charge is -2.09. The summed E-state index contributed by atoms with van der Waals surface area (Å²) in [5, 5.41) is 0. The minimum Gasteiger partial charge on any atom is -0.207 e. The zero-order valence-electron chi connectivity index (χ0n) is 8.88. The summed E-state index contributed by atoms with van der Waals surface area (Å²) < 4.78 is 40.4.